The van der Waals surface area contributed by atoms with Crippen molar-refractivity contribution >= 4 is 22.8 Å². The minimum atomic E-state index is -0.136. The average Bonchev–Trinajstić information content (AvgIpc) is 3.31. The third kappa shape index (κ3) is 4.64. The lowest BCUT2D eigenvalue weighted by Crippen LogP contribution is -2.01. The highest BCUT2D eigenvalue weighted by atomic mass is 16.5. The Morgan fingerprint density at radius 3 is 2.77 bits per heavy atom. The van der Waals surface area contributed by atoms with Crippen LogP contribution in [0.4, 0.5) is 0 Å². The molecule has 0 unspecified atom stereocenters. The molecule has 2 aromatic heterocycles. The quantitative estimate of drug-likeness (QED) is 0.303. The van der Waals surface area contributed by atoms with E-state index >= 15 is 0 Å². The fourth-order valence-corrected chi connectivity index (χ4v) is 3.29. The van der Waals surface area contributed by atoms with Gasteiger partial charge in [-0.2, -0.15) is 5.10 Å². The number of fused-ring (bicyclic) bond motifs is 1. The van der Waals surface area contributed by atoms with Crippen molar-refractivity contribution < 1.29 is 14.3 Å². The van der Waals surface area contributed by atoms with Crippen LogP contribution in [0.15, 0.2) is 73.1 Å². The molecule has 4 rings (SSSR count). The van der Waals surface area contributed by atoms with Gasteiger partial charge in [0.25, 0.3) is 0 Å². The summed E-state index contributed by atoms with van der Waals surface area (Å²) in [4.78, 5) is 16.8. The summed E-state index contributed by atoms with van der Waals surface area (Å²) >= 11 is 0. The maximum atomic E-state index is 12.4. The van der Waals surface area contributed by atoms with E-state index in [1.165, 1.54) is 6.08 Å². The standard InChI is InChI=1S/C25H23N3O3/c1-3-28-15-13-21(27-28)22(29)11-9-18-10-12-23(30-2)20(16-18)17-31-24-8-4-6-19-7-5-14-26-25(19)24/h4-16H,3,17H2,1-2H3/b11-9+. The van der Waals surface area contributed by atoms with Crippen molar-refractivity contribution in [3.05, 3.63) is 89.9 Å². The van der Waals surface area contributed by atoms with E-state index in [1.54, 1.807) is 36.3 Å². The van der Waals surface area contributed by atoms with Gasteiger partial charge in [0.2, 0.25) is 5.78 Å². The second-order valence-electron chi connectivity index (χ2n) is 6.95. The van der Waals surface area contributed by atoms with Crippen LogP contribution in [0.1, 0.15) is 28.5 Å². The number of ketones is 1. The lowest BCUT2D eigenvalue weighted by atomic mass is 10.1. The second kappa shape index (κ2) is 9.26. The third-order valence-corrected chi connectivity index (χ3v) is 4.93. The van der Waals surface area contributed by atoms with Crippen molar-refractivity contribution in [2.45, 2.75) is 20.1 Å². The lowest BCUT2D eigenvalue weighted by Gasteiger charge is -2.12. The van der Waals surface area contributed by atoms with E-state index in [4.69, 9.17) is 9.47 Å². The fourth-order valence-electron chi connectivity index (χ4n) is 3.29. The molecule has 0 atom stereocenters. The minimum Gasteiger partial charge on any atom is -0.496 e. The molecule has 4 aromatic rings. The van der Waals surface area contributed by atoms with Crippen LogP contribution in [0.2, 0.25) is 0 Å². The van der Waals surface area contributed by atoms with Gasteiger partial charge in [-0.1, -0.05) is 30.3 Å². The SMILES string of the molecule is CCn1ccc(C(=O)/C=C/c2ccc(OC)c(COc3cccc4cccnc34)c2)n1. The first kappa shape index (κ1) is 20.3. The number of nitrogens with zero attached hydrogens (tertiary/aromatic N) is 3. The molecule has 0 amide bonds. The molecule has 0 aliphatic carbocycles. The number of pyridine rings is 1. The monoisotopic (exact) mass is 413 g/mol. The summed E-state index contributed by atoms with van der Waals surface area (Å²) in [5.41, 5.74) is 3.00. The molecular formula is C25H23N3O3. The highest BCUT2D eigenvalue weighted by Gasteiger charge is 2.09. The van der Waals surface area contributed by atoms with E-state index in [1.807, 2.05) is 55.5 Å². The molecule has 0 saturated carbocycles. The molecule has 6 heteroatoms. The Kier molecular flexibility index (Phi) is 6.08. The Morgan fingerprint density at radius 1 is 1.10 bits per heavy atom. The summed E-state index contributed by atoms with van der Waals surface area (Å²) in [5.74, 6) is 1.30. The number of methoxy groups -OCH3 is 1. The van der Waals surface area contributed by atoms with Crippen molar-refractivity contribution in [2.75, 3.05) is 7.11 Å². The van der Waals surface area contributed by atoms with Gasteiger partial charge in [-0.25, -0.2) is 0 Å². The topological polar surface area (TPSA) is 66.2 Å². The van der Waals surface area contributed by atoms with Crippen molar-refractivity contribution in [3.63, 3.8) is 0 Å². The van der Waals surface area contributed by atoms with Crippen LogP contribution in [0, 0.1) is 0 Å². The van der Waals surface area contributed by atoms with Crippen LogP contribution in [-0.2, 0) is 13.2 Å². The van der Waals surface area contributed by atoms with Crippen LogP contribution in [0.5, 0.6) is 11.5 Å². The Hall–Kier alpha value is -3.93. The van der Waals surface area contributed by atoms with E-state index in [0.29, 0.717) is 18.1 Å². The first-order chi connectivity index (χ1) is 15.2. The van der Waals surface area contributed by atoms with Crippen LogP contribution >= 0.6 is 0 Å². The molecule has 2 heterocycles. The number of aromatic nitrogens is 3. The number of benzene rings is 2. The maximum Gasteiger partial charge on any atom is 0.206 e. The highest BCUT2D eigenvalue weighted by molar-refractivity contribution is 6.05. The Bertz CT molecular complexity index is 1240. The predicted molar refractivity (Wildman–Crippen MR) is 120 cm³/mol. The number of carbonyl (C=O) groups excluding carboxylic acids is 1. The molecule has 156 valence electrons. The van der Waals surface area contributed by atoms with E-state index in [-0.39, 0.29) is 5.78 Å². The van der Waals surface area contributed by atoms with Crippen LogP contribution in [0.3, 0.4) is 0 Å². The summed E-state index contributed by atoms with van der Waals surface area (Å²) in [6, 6.07) is 17.2. The van der Waals surface area contributed by atoms with Gasteiger partial charge in [0.05, 0.1) is 7.11 Å². The average molecular weight is 413 g/mol. The number of hydrogen-bond donors (Lipinski definition) is 0. The van der Waals surface area contributed by atoms with Crippen LogP contribution in [0.25, 0.3) is 17.0 Å². The predicted octanol–water partition coefficient (Wildman–Crippen LogP) is 4.93. The Labute approximate surface area is 180 Å². The number of para-hydroxylation sites is 1. The smallest absolute Gasteiger partial charge is 0.206 e. The molecule has 0 radical (unpaired) electrons. The zero-order valence-corrected chi connectivity index (χ0v) is 17.5. The maximum absolute atomic E-state index is 12.4. The molecule has 0 aliphatic rings. The van der Waals surface area contributed by atoms with Gasteiger partial charge in [0.1, 0.15) is 29.3 Å². The lowest BCUT2D eigenvalue weighted by molar-refractivity contribution is 0.104. The van der Waals surface area contributed by atoms with E-state index in [0.717, 1.165) is 34.3 Å². The number of hydrogen-bond acceptors (Lipinski definition) is 5. The number of ether oxygens (including phenoxy) is 2. The largest absolute Gasteiger partial charge is 0.496 e. The molecule has 0 aliphatic heterocycles. The van der Waals surface area contributed by atoms with Gasteiger partial charge in [-0.15, -0.1) is 0 Å². The number of rotatable bonds is 8. The van der Waals surface area contributed by atoms with Crippen molar-refractivity contribution in [2.24, 2.45) is 0 Å². The fraction of sp³-hybridized carbons (Fsp3) is 0.160. The van der Waals surface area contributed by atoms with E-state index < -0.39 is 0 Å². The zero-order chi connectivity index (χ0) is 21.6. The molecule has 0 spiro atoms. The molecule has 2 aromatic carbocycles. The van der Waals surface area contributed by atoms with Crippen molar-refractivity contribution in [1.82, 2.24) is 14.8 Å². The molecule has 0 bridgehead atoms. The van der Waals surface area contributed by atoms with E-state index in [2.05, 4.69) is 10.1 Å². The summed E-state index contributed by atoms with van der Waals surface area (Å²) < 4.78 is 13.3. The van der Waals surface area contributed by atoms with Crippen molar-refractivity contribution in [3.8, 4) is 11.5 Å². The third-order valence-electron chi connectivity index (χ3n) is 4.93. The second-order valence-corrected chi connectivity index (χ2v) is 6.95. The molecule has 31 heavy (non-hydrogen) atoms. The number of carbonyl (C=O) groups is 1. The van der Waals surface area contributed by atoms with Gasteiger partial charge < -0.3 is 9.47 Å². The van der Waals surface area contributed by atoms with Gasteiger partial charge in [0, 0.05) is 29.9 Å². The normalized spacial score (nSPS) is 11.2. The van der Waals surface area contributed by atoms with Crippen LogP contribution in [-0.4, -0.2) is 27.7 Å². The van der Waals surface area contributed by atoms with Gasteiger partial charge in [0.15, 0.2) is 0 Å². The van der Waals surface area contributed by atoms with Crippen molar-refractivity contribution in [1.29, 1.82) is 0 Å². The molecule has 0 saturated heterocycles. The van der Waals surface area contributed by atoms with Crippen LogP contribution < -0.4 is 9.47 Å². The summed E-state index contributed by atoms with van der Waals surface area (Å²) in [7, 11) is 1.63. The summed E-state index contributed by atoms with van der Waals surface area (Å²) in [5, 5.41) is 5.26. The zero-order valence-electron chi connectivity index (χ0n) is 17.5. The van der Waals surface area contributed by atoms with Gasteiger partial charge in [-0.3, -0.25) is 14.5 Å². The summed E-state index contributed by atoms with van der Waals surface area (Å²) in [6.45, 7) is 3.02. The Morgan fingerprint density at radius 2 is 1.97 bits per heavy atom. The first-order valence-corrected chi connectivity index (χ1v) is 10.1. The first-order valence-electron chi connectivity index (χ1n) is 10.1. The van der Waals surface area contributed by atoms with Gasteiger partial charge in [-0.05, 0) is 48.9 Å². The molecular weight excluding hydrogens is 390 g/mol. The minimum absolute atomic E-state index is 0.136. The molecule has 0 fully saturated rings. The summed E-state index contributed by atoms with van der Waals surface area (Å²) in [6.07, 6.45) is 6.85. The number of allylic oxidation sites excluding steroid dienone is 1. The Balaban J connectivity index is 1.52. The van der Waals surface area contributed by atoms with Gasteiger partial charge >= 0.3 is 0 Å². The van der Waals surface area contributed by atoms with E-state index in [9.17, 15) is 4.79 Å². The molecule has 6 nitrogen and oxygen atoms in total. The number of aryl methyl sites for hydroxylation is 1. The highest BCUT2D eigenvalue weighted by Crippen LogP contribution is 2.27. The molecule has 0 N–H and O–H groups in total.